The smallest absolute Gasteiger partial charge is 0.256 e. The second-order valence-corrected chi connectivity index (χ2v) is 3.70. The average molecular weight is 217 g/mol. The van der Waals surface area contributed by atoms with Crippen molar-refractivity contribution in [1.29, 1.82) is 0 Å². The average Bonchev–Trinajstić information content (AvgIpc) is 3.01. The van der Waals surface area contributed by atoms with Gasteiger partial charge in [0.25, 0.3) is 5.89 Å². The van der Waals surface area contributed by atoms with Crippen molar-refractivity contribution < 1.29 is 9.26 Å². The second kappa shape index (κ2) is 4.02. The van der Waals surface area contributed by atoms with Gasteiger partial charge < -0.3 is 9.26 Å². The van der Waals surface area contributed by atoms with Gasteiger partial charge in [0.1, 0.15) is 6.10 Å². The van der Waals surface area contributed by atoms with Crippen LogP contribution in [0.25, 0.3) is 11.4 Å². The van der Waals surface area contributed by atoms with Crippen molar-refractivity contribution in [1.82, 2.24) is 15.1 Å². The Hall–Kier alpha value is -1.75. The van der Waals surface area contributed by atoms with Crippen molar-refractivity contribution in [3.63, 3.8) is 0 Å². The van der Waals surface area contributed by atoms with Crippen LogP contribution in [0, 0.1) is 0 Å². The van der Waals surface area contributed by atoms with Crippen LogP contribution in [0.2, 0.25) is 0 Å². The molecule has 0 bridgehead atoms. The number of nitrogens with zero attached hydrogens (tertiary/aromatic N) is 3. The lowest BCUT2D eigenvalue weighted by atomic mass is 10.2. The van der Waals surface area contributed by atoms with Gasteiger partial charge in [-0.15, -0.1) is 0 Å². The van der Waals surface area contributed by atoms with Crippen molar-refractivity contribution in [3.8, 4) is 11.4 Å². The molecule has 0 N–H and O–H groups in total. The highest BCUT2D eigenvalue weighted by Gasteiger charge is 2.24. The fourth-order valence-corrected chi connectivity index (χ4v) is 1.75. The largest absolute Gasteiger partial charge is 0.368 e. The maximum atomic E-state index is 5.48. The molecule has 82 valence electrons. The second-order valence-electron chi connectivity index (χ2n) is 3.70. The summed E-state index contributed by atoms with van der Waals surface area (Å²) in [6, 6.07) is 3.74. The summed E-state index contributed by atoms with van der Waals surface area (Å²) in [4.78, 5) is 8.33. The van der Waals surface area contributed by atoms with Crippen molar-refractivity contribution >= 4 is 0 Å². The van der Waals surface area contributed by atoms with E-state index in [9.17, 15) is 0 Å². The van der Waals surface area contributed by atoms with Crippen molar-refractivity contribution in [3.05, 3.63) is 30.4 Å². The van der Waals surface area contributed by atoms with E-state index in [2.05, 4.69) is 15.1 Å². The molecule has 2 aromatic rings. The number of rotatable bonds is 2. The molecule has 5 heteroatoms. The molecule has 0 spiro atoms. The Kier molecular flexibility index (Phi) is 2.38. The van der Waals surface area contributed by atoms with Crippen LogP contribution < -0.4 is 0 Å². The molecule has 0 amide bonds. The lowest BCUT2D eigenvalue weighted by Gasteiger charge is -2.00. The summed E-state index contributed by atoms with van der Waals surface area (Å²) in [5.74, 6) is 1.13. The Bertz CT molecular complexity index is 463. The first kappa shape index (κ1) is 9.47. The van der Waals surface area contributed by atoms with E-state index in [1.807, 2.05) is 12.1 Å². The quantitative estimate of drug-likeness (QED) is 0.769. The van der Waals surface area contributed by atoms with Gasteiger partial charge in [-0.3, -0.25) is 4.98 Å². The molecular weight excluding hydrogens is 206 g/mol. The van der Waals surface area contributed by atoms with Gasteiger partial charge in [0.05, 0.1) is 0 Å². The van der Waals surface area contributed by atoms with Crippen LogP contribution in [0.3, 0.4) is 0 Å². The standard InChI is InChI=1S/C11H11N3O2/c1-3-8(7-12-5-1)10-13-11(16-14-10)9-4-2-6-15-9/h1,3,5,7,9H,2,4,6H2/t9-/m0/s1. The highest BCUT2D eigenvalue weighted by Crippen LogP contribution is 2.28. The molecule has 0 aromatic carbocycles. The number of hydrogen-bond acceptors (Lipinski definition) is 5. The third-order valence-corrected chi connectivity index (χ3v) is 2.57. The molecule has 0 saturated carbocycles. The summed E-state index contributed by atoms with van der Waals surface area (Å²) < 4.78 is 10.7. The zero-order chi connectivity index (χ0) is 10.8. The summed E-state index contributed by atoms with van der Waals surface area (Å²) in [6.45, 7) is 0.773. The van der Waals surface area contributed by atoms with Gasteiger partial charge in [-0.1, -0.05) is 5.16 Å². The molecule has 0 radical (unpaired) electrons. The van der Waals surface area contributed by atoms with Crippen LogP contribution in [-0.4, -0.2) is 21.7 Å². The fraction of sp³-hybridized carbons (Fsp3) is 0.364. The van der Waals surface area contributed by atoms with E-state index in [1.54, 1.807) is 12.4 Å². The topological polar surface area (TPSA) is 61.0 Å². The van der Waals surface area contributed by atoms with Crippen LogP contribution in [-0.2, 0) is 4.74 Å². The third-order valence-electron chi connectivity index (χ3n) is 2.57. The van der Waals surface area contributed by atoms with E-state index in [4.69, 9.17) is 9.26 Å². The number of ether oxygens (including phenoxy) is 1. The molecule has 3 rings (SSSR count). The molecule has 1 aliphatic rings. The molecule has 2 aromatic heterocycles. The third kappa shape index (κ3) is 1.69. The van der Waals surface area contributed by atoms with Gasteiger partial charge in [-0.2, -0.15) is 4.98 Å². The lowest BCUT2D eigenvalue weighted by Crippen LogP contribution is -1.95. The van der Waals surface area contributed by atoms with Gasteiger partial charge in [-0.05, 0) is 25.0 Å². The number of pyridine rings is 1. The minimum Gasteiger partial charge on any atom is -0.368 e. The zero-order valence-corrected chi connectivity index (χ0v) is 8.67. The fourth-order valence-electron chi connectivity index (χ4n) is 1.75. The molecule has 0 unspecified atom stereocenters. The Balaban J connectivity index is 1.87. The molecule has 1 fully saturated rings. The van der Waals surface area contributed by atoms with Crippen molar-refractivity contribution in [2.24, 2.45) is 0 Å². The number of hydrogen-bond donors (Lipinski definition) is 0. The van der Waals surface area contributed by atoms with Gasteiger partial charge in [-0.25, -0.2) is 0 Å². The van der Waals surface area contributed by atoms with Crippen LogP contribution >= 0.6 is 0 Å². The van der Waals surface area contributed by atoms with E-state index in [-0.39, 0.29) is 6.10 Å². The molecule has 5 nitrogen and oxygen atoms in total. The predicted molar refractivity (Wildman–Crippen MR) is 55.5 cm³/mol. The van der Waals surface area contributed by atoms with E-state index < -0.39 is 0 Å². The summed E-state index contributed by atoms with van der Waals surface area (Å²) in [7, 11) is 0. The summed E-state index contributed by atoms with van der Waals surface area (Å²) >= 11 is 0. The SMILES string of the molecule is c1cncc(-c2noc([C@@H]3CCCO3)n2)c1. The molecule has 1 saturated heterocycles. The van der Waals surface area contributed by atoms with Gasteiger partial charge >= 0.3 is 0 Å². The van der Waals surface area contributed by atoms with Crippen LogP contribution in [0.5, 0.6) is 0 Å². The summed E-state index contributed by atoms with van der Waals surface area (Å²) in [5, 5.41) is 3.92. The molecule has 16 heavy (non-hydrogen) atoms. The molecule has 1 atom stereocenters. The number of aromatic nitrogens is 3. The predicted octanol–water partition coefficient (Wildman–Crippen LogP) is 1.98. The molecular formula is C11H11N3O2. The molecule has 0 aliphatic carbocycles. The Morgan fingerprint density at radius 2 is 2.38 bits per heavy atom. The van der Waals surface area contributed by atoms with E-state index >= 15 is 0 Å². The first-order chi connectivity index (χ1) is 7.93. The zero-order valence-electron chi connectivity index (χ0n) is 8.67. The maximum Gasteiger partial charge on any atom is 0.256 e. The van der Waals surface area contributed by atoms with Crippen molar-refractivity contribution in [2.45, 2.75) is 18.9 Å². The van der Waals surface area contributed by atoms with E-state index in [0.29, 0.717) is 11.7 Å². The summed E-state index contributed by atoms with van der Waals surface area (Å²) in [5.41, 5.74) is 0.857. The van der Waals surface area contributed by atoms with Crippen LogP contribution in [0.4, 0.5) is 0 Å². The van der Waals surface area contributed by atoms with Crippen LogP contribution in [0.1, 0.15) is 24.8 Å². The monoisotopic (exact) mass is 217 g/mol. The highest BCUT2D eigenvalue weighted by molar-refractivity contribution is 5.51. The Morgan fingerprint density at radius 1 is 1.38 bits per heavy atom. The van der Waals surface area contributed by atoms with Gasteiger partial charge in [0, 0.05) is 24.6 Å². The van der Waals surface area contributed by atoms with Gasteiger partial charge in [0.15, 0.2) is 0 Å². The molecule has 1 aliphatic heterocycles. The minimum atomic E-state index is -0.0297. The van der Waals surface area contributed by atoms with Gasteiger partial charge in [0.2, 0.25) is 5.82 Å². The van der Waals surface area contributed by atoms with Crippen LogP contribution in [0.15, 0.2) is 29.0 Å². The molecule has 3 heterocycles. The highest BCUT2D eigenvalue weighted by atomic mass is 16.5. The Labute approximate surface area is 92.5 Å². The Morgan fingerprint density at radius 3 is 3.12 bits per heavy atom. The minimum absolute atomic E-state index is 0.0297. The first-order valence-corrected chi connectivity index (χ1v) is 5.29. The van der Waals surface area contributed by atoms with E-state index in [1.165, 1.54) is 0 Å². The lowest BCUT2D eigenvalue weighted by molar-refractivity contribution is 0.0835. The maximum absolute atomic E-state index is 5.48. The normalized spacial score (nSPS) is 20.1. The summed E-state index contributed by atoms with van der Waals surface area (Å²) in [6.07, 6.45) is 5.40. The first-order valence-electron chi connectivity index (χ1n) is 5.29. The van der Waals surface area contributed by atoms with Crippen molar-refractivity contribution in [2.75, 3.05) is 6.61 Å². The van der Waals surface area contributed by atoms with E-state index in [0.717, 1.165) is 25.0 Å².